The van der Waals surface area contributed by atoms with Gasteiger partial charge >= 0.3 is 7.12 Å². The van der Waals surface area contributed by atoms with Gasteiger partial charge < -0.3 is 20.3 Å². The van der Waals surface area contributed by atoms with Crippen LogP contribution in [0.25, 0.3) is 0 Å². The van der Waals surface area contributed by atoms with Crippen molar-refractivity contribution in [2.75, 3.05) is 12.5 Å². The summed E-state index contributed by atoms with van der Waals surface area (Å²) in [5.74, 6) is -0.134. The summed E-state index contributed by atoms with van der Waals surface area (Å²) in [5.41, 5.74) is -0.737. The maximum absolute atomic E-state index is 9.82. The predicted octanol–water partition coefficient (Wildman–Crippen LogP) is -1.21. The molecule has 4 N–H and O–H groups in total. The van der Waals surface area contributed by atoms with E-state index in [-0.39, 0.29) is 5.88 Å². The summed E-state index contributed by atoms with van der Waals surface area (Å²) >= 11 is 5.54. The second kappa shape index (κ2) is 4.96. The number of rotatable bonds is 4. The van der Waals surface area contributed by atoms with E-state index < -0.39 is 19.3 Å². The molecule has 0 unspecified atom stereocenters. The zero-order chi connectivity index (χ0) is 11.5. The molecule has 0 aliphatic carbocycles. The van der Waals surface area contributed by atoms with Gasteiger partial charge in [0.05, 0.1) is 12.5 Å². The highest BCUT2D eigenvalue weighted by Gasteiger charge is 2.27. The Balaban J connectivity index is 2.97. The first kappa shape index (κ1) is 12.5. The molecule has 0 saturated heterocycles. The van der Waals surface area contributed by atoms with Crippen LogP contribution in [0.3, 0.4) is 0 Å². The Morgan fingerprint density at radius 1 is 1.20 bits per heavy atom. The van der Waals surface area contributed by atoms with E-state index in [0.717, 1.165) is 0 Å². The van der Waals surface area contributed by atoms with Crippen molar-refractivity contribution in [2.24, 2.45) is 0 Å². The van der Waals surface area contributed by atoms with Crippen molar-refractivity contribution in [3.8, 4) is 0 Å². The Hall–Kier alpha value is -0.585. The van der Waals surface area contributed by atoms with E-state index in [1.54, 1.807) is 0 Å². The van der Waals surface area contributed by atoms with Crippen molar-refractivity contribution in [2.45, 2.75) is 5.60 Å². The van der Waals surface area contributed by atoms with Crippen LogP contribution in [0.4, 0.5) is 0 Å². The molecular formula is C9H12BClO4. The number of aliphatic hydroxyl groups excluding tert-OH is 1. The third-order valence-corrected chi connectivity index (χ3v) is 2.67. The average molecular weight is 230 g/mol. The molecule has 0 fully saturated rings. The van der Waals surface area contributed by atoms with Crippen LogP contribution in [0, 0.1) is 0 Å². The highest BCUT2D eigenvalue weighted by atomic mass is 35.5. The van der Waals surface area contributed by atoms with Crippen LogP contribution in [0.15, 0.2) is 24.3 Å². The van der Waals surface area contributed by atoms with Crippen molar-refractivity contribution in [3.63, 3.8) is 0 Å². The molecule has 0 aromatic heterocycles. The van der Waals surface area contributed by atoms with Crippen molar-refractivity contribution in [1.29, 1.82) is 0 Å². The van der Waals surface area contributed by atoms with Gasteiger partial charge in [0.15, 0.2) is 0 Å². The summed E-state index contributed by atoms with van der Waals surface area (Å²) in [6.07, 6.45) is 0. The fourth-order valence-corrected chi connectivity index (χ4v) is 1.42. The summed E-state index contributed by atoms with van der Waals surface area (Å²) in [6, 6.07) is 5.89. The predicted molar refractivity (Wildman–Crippen MR) is 58.0 cm³/mol. The number of halogens is 1. The summed E-state index contributed by atoms with van der Waals surface area (Å²) in [6.45, 7) is -0.489. The first-order chi connectivity index (χ1) is 7.03. The number of hydrogen-bond donors (Lipinski definition) is 4. The SMILES string of the molecule is OC[C@@](O)(CCl)c1ccc(B(O)O)cc1. The van der Waals surface area contributed by atoms with Crippen LogP contribution in [0.5, 0.6) is 0 Å². The van der Waals surface area contributed by atoms with E-state index in [0.29, 0.717) is 11.0 Å². The molecule has 0 amide bonds. The zero-order valence-electron chi connectivity index (χ0n) is 7.97. The van der Waals surface area contributed by atoms with Gasteiger partial charge in [-0.1, -0.05) is 24.3 Å². The van der Waals surface area contributed by atoms with E-state index >= 15 is 0 Å². The molecule has 0 spiro atoms. The Labute approximate surface area is 92.9 Å². The first-order valence-corrected chi connectivity index (χ1v) is 4.93. The molecule has 0 radical (unpaired) electrons. The lowest BCUT2D eigenvalue weighted by molar-refractivity contribution is 0.000950. The molecule has 0 aliphatic rings. The highest BCUT2D eigenvalue weighted by molar-refractivity contribution is 6.58. The van der Waals surface area contributed by atoms with Gasteiger partial charge in [-0.3, -0.25) is 0 Å². The Kier molecular flexibility index (Phi) is 4.13. The number of hydrogen-bond acceptors (Lipinski definition) is 4. The van der Waals surface area contributed by atoms with Crippen LogP contribution in [0.1, 0.15) is 5.56 Å². The summed E-state index contributed by atoms with van der Waals surface area (Å²) in [7, 11) is -1.54. The third kappa shape index (κ3) is 2.71. The van der Waals surface area contributed by atoms with Crippen LogP contribution >= 0.6 is 11.6 Å². The average Bonchev–Trinajstić information content (AvgIpc) is 2.28. The lowest BCUT2D eigenvalue weighted by Crippen LogP contribution is -2.34. The van der Waals surface area contributed by atoms with Crippen molar-refractivity contribution in [1.82, 2.24) is 0 Å². The number of aliphatic hydroxyl groups is 2. The molecule has 1 aromatic rings. The molecule has 1 rings (SSSR count). The molecule has 15 heavy (non-hydrogen) atoms. The molecule has 6 heteroatoms. The quantitative estimate of drug-likeness (QED) is 0.386. The van der Waals surface area contributed by atoms with Gasteiger partial charge in [0.25, 0.3) is 0 Å². The monoisotopic (exact) mass is 230 g/mol. The molecule has 1 aromatic carbocycles. The highest BCUT2D eigenvalue weighted by Crippen LogP contribution is 2.21. The van der Waals surface area contributed by atoms with Crippen LogP contribution in [-0.4, -0.2) is 39.9 Å². The molecule has 82 valence electrons. The fraction of sp³-hybridized carbons (Fsp3) is 0.333. The Morgan fingerprint density at radius 2 is 1.73 bits per heavy atom. The standard InChI is InChI=1S/C9H12BClO4/c11-5-9(13,6-12)7-1-3-8(4-2-7)10(14)15/h1-4,12-15H,5-6H2/t9-/m0/s1. The summed E-state index contributed by atoms with van der Waals surface area (Å²) in [5, 5.41) is 36.5. The number of benzene rings is 1. The largest absolute Gasteiger partial charge is 0.488 e. The first-order valence-electron chi connectivity index (χ1n) is 4.39. The van der Waals surface area contributed by atoms with Crippen LogP contribution in [-0.2, 0) is 5.60 Å². The second-order valence-corrected chi connectivity index (χ2v) is 3.59. The van der Waals surface area contributed by atoms with E-state index in [1.807, 2.05) is 0 Å². The van der Waals surface area contributed by atoms with Gasteiger partial charge in [-0.2, -0.15) is 0 Å². The van der Waals surface area contributed by atoms with Gasteiger partial charge in [0.1, 0.15) is 5.60 Å². The minimum atomic E-state index is -1.54. The van der Waals surface area contributed by atoms with Gasteiger partial charge in [-0.15, -0.1) is 11.6 Å². The maximum Gasteiger partial charge on any atom is 0.488 e. The second-order valence-electron chi connectivity index (χ2n) is 3.32. The van der Waals surface area contributed by atoms with Crippen molar-refractivity contribution < 1.29 is 20.3 Å². The summed E-state index contributed by atoms with van der Waals surface area (Å²) in [4.78, 5) is 0. The summed E-state index contributed by atoms with van der Waals surface area (Å²) < 4.78 is 0. The molecular weight excluding hydrogens is 218 g/mol. The minimum absolute atomic E-state index is 0.134. The van der Waals surface area contributed by atoms with E-state index in [9.17, 15) is 5.11 Å². The van der Waals surface area contributed by atoms with Gasteiger partial charge in [0.2, 0.25) is 0 Å². The van der Waals surface area contributed by atoms with Crippen LogP contribution < -0.4 is 5.46 Å². The molecule has 0 bridgehead atoms. The topological polar surface area (TPSA) is 80.9 Å². The molecule has 1 atom stereocenters. The third-order valence-electron chi connectivity index (χ3n) is 2.23. The fourth-order valence-electron chi connectivity index (χ4n) is 1.18. The van der Waals surface area contributed by atoms with Crippen molar-refractivity contribution in [3.05, 3.63) is 29.8 Å². The molecule has 0 saturated carbocycles. The lowest BCUT2D eigenvalue weighted by atomic mass is 9.79. The smallest absolute Gasteiger partial charge is 0.423 e. The van der Waals surface area contributed by atoms with Gasteiger partial charge in [0, 0.05) is 0 Å². The lowest BCUT2D eigenvalue weighted by Gasteiger charge is -2.23. The molecule has 0 aliphatic heterocycles. The van der Waals surface area contributed by atoms with E-state index in [4.69, 9.17) is 26.8 Å². The molecule has 0 heterocycles. The Morgan fingerprint density at radius 3 is 2.07 bits per heavy atom. The maximum atomic E-state index is 9.82. The molecule has 4 nitrogen and oxygen atoms in total. The zero-order valence-corrected chi connectivity index (χ0v) is 8.72. The van der Waals surface area contributed by atoms with Crippen LogP contribution in [0.2, 0.25) is 0 Å². The van der Waals surface area contributed by atoms with Gasteiger partial charge in [-0.05, 0) is 11.0 Å². The number of alkyl halides is 1. The minimum Gasteiger partial charge on any atom is -0.423 e. The Bertz CT molecular complexity index is 310. The van der Waals surface area contributed by atoms with Gasteiger partial charge in [-0.25, -0.2) is 0 Å². The van der Waals surface area contributed by atoms with E-state index in [1.165, 1.54) is 24.3 Å². The van der Waals surface area contributed by atoms with E-state index in [2.05, 4.69) is 0 Å². The normalized spacial score (nSPS) is 14.7. The van der Waals surface area contributed by atoms with Crippen molar-refractivity contribution >= 4 is 24.2 Å².